The van der Waals surface area contributed by atoms with E-state index in [1.807, 2.05) is 48.7 Å². The van der Waals surface area contributed by atoms with Crippen LogP contribution in [-0.2, 0) is 20.7 Å². The molecule has 7 nitrogen and oxygen atoms in total. The van der Waals surface area contributed by atoms with Crippen molar-refractivity contribution in [3.8, 4) is 11.3 Å². The van der Waals surface area contributed by atoms with Gasteiger partial charge < -0.3 is 10.1 Å². The Morgan fingerprint density at radius 1 is 1.13 bits per heavy atom. The van der Waals surface area contributed by atoms with E-state index < -0.39 is 18.0 Å². The summed E-state index contributed by atoms with van der Waals surface area (Å²) in [6.07, 6.45) is 0.723. The highest BCUT2D eigenvalue weighted by molar-refractivity contribution is 7.14. The topological polar surface area (TPSA) is 97.4 Å². The lowest BCUT2D eigenvalue weighted by atomic mass is 9.98. The second kappa shape index (κ2) is 9.09. The van der Waals surface area contributed by atoms with Crippen LogP contribution in [-0.4, -0.2) is 28.9 Å². The first-order valence-electron chi connectivity index (χ1n) is 9.99. The number of amides is 2. The summed E-state index contributed by atoms with van der Waals surface area (Å²) in [7, 11) is 0. The molecule has 31 heavy (non-hydrogen) atoms. The Bertz CT molecular complexity index is 1120. The van der Waals surface area contributed by atoms with Crippen LogP contribution in [0.25, 0.3) is 11.3 Å². The predicted molar refractivity (Wildman–Crippen MR) is 119 cm³/mol. The van der Waals surface area contributed by atoms with E-state index in [1.54, 1.807) is 12.1 Å². The SMILES string of the molecule is CCCC(=O)Nc1ccc(-c2csc(NC(=O)[C@@H]3Cc4ccccc4C(=O)O3)n2)cc1. The van der Waals surface area contributed by atoms with Gasteiger partial charge >= 0.3 is 5.97 Å². The maximum absolute atomic E-state index is 12.6. The summed E-state index contributed by atoms with van der Waals surface area (Å²) in [4.78, 5) is 40.9. The molecule has 4 rings (SSSR count). The number of hydrogen-bond donors (Lipinski definition) is 2. The summed E-state index contributed by atoms with van der Waals surface area (Å²) in [5, 5.41) is 7.85. The molecule has 0 spiro atoms. The number of carbonyl (C=O) groups excluding carboxylic acids is 3. The molecular weight excluding hydrogens is 414 g/mol. The average Bonchev–Trinajstić information content (AvgIpc) is 3.23. The van der Waals surface area contributed by atoms with Gasteiger partial charge in [-0.05, 0) is 30.2 Å². The summed E-state index contributed by atoms with van der Waals surface area (Å²) in [6.45, 7) is 1.96. The lowest BCUT2D eigenvalue weighted by Crippen LogP contribution is -2.37. The van der Waals surface area contributed by atoms with Crippen LogP contribution in [0, 0.1) is 0 Å². The normalized spacial score (nSPS) is 15.0. The van der Waals surface area contributed by atoms with Gasteiger partial charge in [0.2, 0.25) is 5.91 Å². The molecule has 1 aromatic heterocycles. The molecule has 0 radical (unpaired) electrons. The Morgan fingerprint density at radius 2 is 1.90 bits per heavy atom. The van der Waals surface area contributed by atoms with Crippen molar-refractivity contribution in [1.82, 2.24) is 4.98 Å². The molecule has 2 heterocycles. The van der Waals surface area contributed by atoms with Crippen LogP contribution in [0.2, 0.25) is 0 Å². The number of ether oxygens (including phenoxy) is 1. The summed E-state index contributed by atoms with van der Waals surface area (Å²) in [6, 6.07) is 14.5. The molecule has 1 aliphatic rings. The minimum absolute atomic E-state index is 0.0139. The Hall–Kier alpha value is -3.52. The Labute approximate surface area is 183 Å². The van der Waals surface area contributed by atoms with Gasteiger partial charge in [-0.25, -0.2) is 9.78 Å². The van der Waals surface area contributed by atoms with Crippen LogP contribution >= 0.6 is 11.3 Å². The quantitative estimate of drug-likeness (QED) is 0.564. The number of hydrogen-bond acceptors (Lipinski definition) is 6. The van der Waals surface area contributed by atoms with E-state index in [1.165, 1.54) is 11.3 Å². The fourth-order valence-electron chi connectivity index (χ4n) is 3.30. The first-order chi connectivity index (χ1) is 15.0. The maximum Gasteiger partial charge on any atom is 0.339 e. The smallest absolute Gasteiger partial charge is 0.339 e. The first-order valence-corrected chi connectivity index (χ1v) is 10.9. The maximum atomic E-state index is 12.6. The monoisotopic (exact) mass is 435 g/mol. The van der Waals surface area contributed by atoms with Crippen LogP contribution in [0.15, 0.2) is 53.9 Å². The van der Waals surface area contributed by atoms with Crippen molar-refractivity contribution in [3.63, 3.8) is 0 Å². The lowest BCUT2D eigenvalue weighted by molar-refractivity contribution is -0.125. The number of cyclic esters (lactones) is 1. The van der Waals surface area contributed by atoms with Gasteiger partial charge in [-0.2, -0.15) is 0 Å². The van der Waals surface area contributed by atoms with Gasteiger partial charge in [0.05, 0.1) is 11.3 Å². The van der Waals surface area contributed by atoms with E-state index >= 15 is 0 Å². The van der Waals surface area contributed by atoms with E-state index in [4.69, 9.17) is 4.74 Å². The average molecular weight is 436 g/mol. The molecule has 158 valence electrons. The number of nitrogens with zero attached hydrogens (tertiary/aromatic N) is 1. The fourth-order valence-corrected chi connectivity index (χ4v) is 4.02. The second-order valence-electron chi connectivity index (χ2n) is 7.16. The number of rotatable bonds is 6. The highest BCUT2D eigenvalue weighted by atomic mass is 32.1. The molecule has 0 fully saturated rings. The minimum atomic E-state index is -0.888. The van der Waals surface area contributed by atoms with E-state index in [-0.39, 0.29) is 5.91 Å². The summed E-state index contributed by atoms with van der Waals surface area (Å²) < 4.78 is 5.29. The van der Waals surface area contributed by atoms with Crippen LogP contribution in [0.3, 0.4) is 0 Å². The van der Waals surface area contributed by atoms with E-state index in [9.17, 15) is 14.4 Å². The highest BCUT2D eigenvalue weighted by Crippen LogP contribution is 2.27. The van der Waals surface area contributed by atoms with Crippen molar-refractivity contribution in [2.45, 2.75) is 32.3 Å². The number of thiazole rings is 1. The Kier molecular flexibility index (Phi) is 6.08. The third-order valence-electron chi connectivity index (χ3n) is 4.86. The second-order valence-corrected chi connectivity index (χ2v) is 8.02. The largest absolute Gasteiger partial charge is 0.448 e. The number of carbonyl (C=O) groups is 3. The van der Waals surface area contributed by atoms with Crippen molar-refractivity contribution in [1.29, 1.82) is 0 Å². The van der Waals surface area contributed by atoms with Crippen LogP contribution in [0.5, 0.6) is 0 Å². The minimum Gasteiger partial charge on any atom is -0.448 e. The molecule has 0 saturated carbocycles. The van der Waals surface area contributed by atoms with Crippen molar-refractivity contribution in [2.75, 3.05) is 10.6 Å². The van der Waals surface area contributed by atoms with E-state index in [0.29, 0.717) is 29.2 Å². The third-order valence-corrected chi connectivity index (χ3v) is 5.62. The van der Waals surface area contributed by atoms with E-state index in [0.717, 1.165) is 23.2 Å². The lowest BCUT2D eigenvalue weighted by Gasteiger charge is -2.23. The van der Waals surface area contributed by atoms with Gasteiger partial charge in [0.25, 0.3) is 5.91 Å². The highest BCUT2D eigenvalue weighted by Gasteiger charge is 2.31. The molecule has 0 saturated heterocycles. The van der Waals surface area contributed by atoms with Crippen LogP contribution in [0.4, 0.5) is 10.8 Å². The molecule has 0 unspecified atom stereocenters. The summed E-state index contributed by atoms with van der Waals surface area (Å²) in [5.41, 5.74) is 3.59. The number of aromatic nitrogens is 1. The van der Waals surface area contributed by atoms with Gasteiger partial charge in [0.15, 0.2) is 11.2 Å². The fraction of sp³-hybridized carbons (Fsp3) is 0.217. The molecule has 3 aromatic rings. The predicted octanol–water partition coefficient (Wildman–Crippen LogP) is 4.27. The first kappa shape index (κ1) is 20.7. The molecule has 2 N–H and O–H groups in total. The molecule has 1 atom stereocenters. The standard InChI is InChI=1S/C23H21N3O4S/c1-2-5-20(27)24-16-10-8-14(9-11-16)18-13-31-23(25-18)26-21(28)19-12-15-6-3-4-7-17(15)22(29)30-19/h3-4,6-11,13,19H,2,5,12H2,1H3,(H,24,27)(H,25,26,28)/t19-/m0/s1. The van der Waals surface area contributed by atoms with Crippen LogP contribution < -0.4 is 10.6 Å². The van der Waals surface area contributed by atoms with Gasteiger partial charge in [-0.1, -0.05) is 37.3 Å². The van der Waals surface area contributed by atoms with Gasteiger partial charge in [0, 0.05) is 29.5 Å². The molecule has 2 aromatic carbocycles. The summed E-state index contributed by atoms with van der Waals surface area (Å²) in [5.74, 6) is -0.911. The summed E-state index contributed by atoms with van der Waals surface area (Å²) >= 11 is 1.29. The molecule has 8 heteroatoms. The Morgan fingerprint density at radius 3 is 2.68 bits per heavy atom. The molecule has 0 bridgehead atoms. The van der Waals surface area contributed by atoms with Gasteiger partial charge in [0.1, 0.15) is 0 Å². The zero-order valence-electron chi connectivity index (χ0n) is 16.9. The van der Waals surface area contributed by atoms with Crippen molar-refractivity contribution in [2.24, 2.45) is 0 Å². The van der Waals surface area contributed by atoms with Gasteiger partial charge in [-0.3, -0.25) is 14.9 Å². The Balaban J connectivity index is 1.40. The number of esters is 1. The number of anilines is 2. The van der Waals surface area contributed by atoms with E-state index in [2.05, 4.69) is 15.6 Å². The molecule has 1 aliphatic heterocycles. The number of nitrogens with one attached hydrogen (secondary N) is 2. The number of benzene rings is 2. The van der Waals surface area contributed by atoms with Crippen molar-refractivity contribution >= 4 is 39.9 Å². The van der Waals surface area contributed by atoms with Crippen LogP contribution in [0.1, 0.15) is 35.7 Å². The molecular formula is C23H21N3O4S. The van der Waals surface area contributed by atoms with Crippen molar-refractivity contribution in [3.05, 3.63) is 65.0 Å². The number of fused-ring (bicyclic) bond motifs is 1. The molecule has 0 aliphatic carbocycles. The third kappa shape index (κ3) is 4.80. The zero-order valence-corrected chi connectivity index (χ0v) is 17.7. The van der Waals surface area contributed by atoms with Crippen molar-refractivity contribution < 1.29 is 19.1 Å². The zero-order chi connectivity index (χ0) is 21.8. The molecule has 2 amide bonds. The van der Waals surface area contributed by atoms with Gasteiger partial charge in [-0.15, -0.1) is 11.3 Å².